The molecule has 118 valence electrons. The van der Waals surface area contributed by atoms with Crippen molar-refractivity contribution in [3.05, 3.63) is 29.3 Å². The lowest BCUT2D eigenvalue weighted by molar-refractivity contribution is -0.129. The predicted octanol–water partition coefficient (Wildman–Crippen LogP) is 3.44. The summed E-state index contributed by atoms with van der Waals surface area (Å²) in [7, 11) is 0. The van der Waals surface area contributed by atoms with Crippen LogP contribution in [0.2, 0.25) is 5.02 Å². The Hall–Kier alpha value is -0.420. The Bertz CT molecular complexity index is 445. The number of carbonyl (C=O) groups is 1. The number of nitrogens with two attached hydrogens (primary N) is 1. The van der Waals surface area contributed by atoms with E-state index in [9.17, 15) is 4.79 Å². The molecule has 1 aliphatic rings. The molecule has 1 aromatic carbocycles. The van der Waals surface area contributed by atoms with E-state index in [0.717, 1.165) is 35.8 Å². The molecule has 2 N–H and O–H groups in total. The summed E-state index contributed by atoms with van der Waals surface area (Å²) in [5.41, 5.74) is 5.92. The molecule has 0 saturated carbocycles. The Morgan fingerprint density at radius 2 is 1.95 bits per heavy atom. The highest BCUT2D eigenvalue weighted by molar-refractivity contribution is 8.00. The van der Waals surface area contributed by atoms with Gasteiger partial charge < -0.3 is 10.6 Å². The molecule has 21 heavy (non-hydrogen) atoms. The first kappa shape index (κ1) is 18.6. The van der Waals surface area contributed by atoms with Crippen LogP contribution in [-0.4, -0.2) is 35.7 Å². The first-order valence-electron chi connectivity index (χ1n) is 6.98. The number of amides is 1. The molecule has 3 nitrogen and oxygen atoms in total. The number of hydrogen-bond acceptors (Lipinski definition) is 3. The van der Waals surface area contributed by atoms with E-state index in [0.29, 0.717) is 11.7 Å². The van der Waals surface area contributed by atoms with E-state index in [1.165, 1.54) is 0 Å². The van der Waals surface area contributed by atoms with Crippen LogP contribution in [0.4, 0.5) is 0 Å². The maximum Gasteiger partial charge on any atom is 0.232 e. The quantitative estimate of drug-likeness (QED) is 0.847. The van der Waals surface area contributed by atoms with Gasteiger partial charge in [-0.3, -0.25) is 4.79 Å². The van der Waals surface area contributed by atoms with E-state index in [-0.39, 0.29) is 24.4 Å². The maximum absolute atomic E-state index is 12.2. The van der Waals surface area contributed by atoms with Crippen molar-refractivity contribution in [1.82, 2.24) is 4.90 Å². The van der Waals surface area contributed by atoms with Gasteiger partial charge in [0, 0.05) is 29.0 Å². The minimum Gasteiger partial charge on any atom is -0.342 e. The molecule has 6 heteroatoms. The molecular weight excluding hydrogens is 327 g/mol. The molecule has 1 unspecified atom stereocenters. The number of hydrogen-bond donors (Lipinski definition) is 1. The fourth-order valence-corrected chi connectivity index (χ4v) is 3.37. The van der Waals surface area contributed by atoms with E-state index in [1.807, 2.05) is 29.2 Å². The molecule has 0 aromatic heterocycles. The van der Waals surface area contributed by atoms with Crippen molar-refractivity contribution in [1.29, 1.82) is 0 Å². The molecule has 1 saturated heterocycles. The van der Waals surface area contributed by atoms with Gasteiger partial charge >= 0.3 is 0 Å². The molecule has 1 amide bonds. The molecule has 0 radical (unpaired) electrons. The zero-order valence-electron chi connectivity index (χ0n) is 12.1. The molecule has 0 aliphatic carbocycles. The van der Waals surface area contributed by atoms with Gasteiger partial charge in [-0.05, 0) is 49.9 Å². The highest BCUT2D eigenvalue weighted by atomic mass is 35.5. The second-order valence-electron chi connectivity index (χ2n) is 5.32. The van der Waals surface area contributed by atoms with E-state index < -0.39 is 0 Å². The Kier molecular flexibility index (Phi) is 7.88. The Balaban J connectivity index is 0.00000220. The Labute approximate surface area is 142 Å². The second-order valence-corrected chi connectivity index (χ2v) is 6.81. The lowest BCUT2D eigenvalue weighted by Crippen LogP contribution is -2.43. The van der Waals surface area contributed by atoms with Gasteiger partial charge in [0.25, 0.3) is 0 Å². The van der Waals surface area contributed by atoms with Crippen molar-refractivity contribution in [3.8, 4) is 0 Å². The summed E-state index contributed by atoms with van der Waals surface area (Å²) in [4.78, 5) is 15.2. The van der Waals surface area contributed by atoms with Gasteiger partial charge in [-0.1, -0.05) is 11.6 Å². The third-order valence-electron chi connectivity index (χ3n) is 3.81. The fraction of sp³-hybridized carbons (Fsp3) is 0.533. The molecule has 0 bridgehead atoms. The van der Waals surface area contributed by atoms with Crippen molar-refractivity contribution >= 4 is 41.7 Å². The minimum absolute atomic E-state index is 0. The standard InChI is InChI=1S/C15H21ClN2OS.ClH/c1-11(17)12-6-8-18(9-7-12)15(19)10-20-14-4-2-13(16)3-5-14;/h2-5,11-12H,6-10,17H2,1H3;1H. The molecule has 2 rings (SSSR count). The molecule has 1 heterocycles. The maximum atomic E-state index is 12.2. The van der Waals surface area contributed by atoms with Gasteiger partial charge in [-0.2, -0.15) is 0 Å². The van der Waals surface area contributed by atoms with Gasteiger partial charge in [-0.15, -0.1) is 24.2 Å². The Morgan fingerprint density at radius 1 is 1.38 bits per heavy atom. The van der Waals surface area contributed by atoms with Gasteiger partial charge in [0.1, 0.15) is 0 Å². The van der Waals surface area contributed by atoms with Crippen LogP contribution in [0.1, 0.15) is 19.8 Å². The first-order chi connectivity index (χ1) is 9.56. The first-order valence-corrected chi connectivity index (χ1v) is 8.34. The molecule has 0 spiro atoms. The van der Waals surface area contributed by atoms with Crippen molar-refractivity contribution in [3.63, 3.8) is 0 Å². The normalized spacial score (nSPS) is 17.2. The number of rotatable bonds is 4. The zero-order chi connectivity index (χ0) is 14.5. The van der Waals surface area contributed by atoms with Crippen molar-refractivity contribution in [2.45, 2.75) is 30.7 Å². The highest BCUT2D eigenvalue weighted by Crippen LogP contribution is 2.23. The van der Waals surface area contributed by atoms with Crippen LogP contribution in [0.25, 0.3) is 0 Å². The van der Waals surface area contributed by atoms with Crippen LogP contribution in [0, 0.1) is 5.92 Å². The van der Waals surface area contributed by atoms with Gasteiger partial charge in [0.2, 0.25) is 5.91 Å². The summed E-state index contributed by atoms with van der Waals surface area (Å²) in [6, 6.07) is 7.83. The third kappa shape index (κ3) is 5.70. The number of carbonyl (C=O) groups excluding carboxylic acids is 1. The topological polar surface area (TPSA) is 46.3 Å². The summed E-state index contributed by atoms with van der Waals surface area (Å²) in [6.45, 7) is 3.73. The van der Waals surface area contributed by atoms with Crippen molar-refractivity contribution in [2.24, 2.45) is 11.7 Å². The van der Waals surface area contributed by atoms with Gasteiger partial charge in [0.05, 0.1) is 5.75 Å². The number of nitrogens with zero attached hydrogens (tertiary/aromatic N) is 1. The summed E-state index contributed by atoms with van der Waals surface area (Å²) < 4.78 is 0. The van der Waals surface area contributed by atoms with Crippen LogP contribution < -0.4 is 5.73 Å². The molecule has 1 aromatic rings. The average Bonchev–Trinajstić information content (AvgIpc) is 2.46. The van der Waals surface area contributed by atoms with Crippen LogP contribution in [0.3, 0.4) is 0 Å². The highest BCUT2D eigenvalue weighted by Gasteiger charge is 2.24. The largest absolute Gasteiger partial charge is 0.342 e. The van der Waals surface area contributed by atoms with E-state index >= 15 is 0 Å². The summed E-state index contributed by atoms with van der Waals surface area (Å²) in [5, 5.41) is 0.721. The lowest BCUT2D eigenvalue weighted by atomic mass is 9.91. The van der Waals surface area contributed by atoms with Crippen LogP contribution in [0.5, 0.6) is 0 Å². The Morgan fingerprint density at radius 3 is 2.48 bits per heavy atom. The van der Waals surface area contributed by atoms with E-state index in [4.69, 9.17) is 17.3 Å². The lowest BCUT2D eigenvalue weighted by Gasteiger charge is -2.33. The van der Waals surface area contributed by atoms with E-state index in [1.54, 1.807) is 11.8 Å². The third-order valence-corrected chi connectivity index (χ3v) is 5.06. The predicted molar refractivity (Wildman–Crippen MR) is 92.4 cm³/mol. The van der Waals surface area contributed by atoms with Crippen molar-refractivity contribution < 1.29 is 4.79 Å². The summed E-state index contributed by atoms with van der Waals surface area (Å²) in [6.07, 6.45) is 2.05. The number of benzene rings is 1. The number of piperidine rings is 1. The van der Waals surface area contributed by atoms with Crippen LogP contribution >= 0.6 is 35.8 Å². The number of thioether (sulfide) groups is 1. The SMILES string of the molecule is CC(N)C1CCN(C(=O)CSc2ccc(Cl)cc2)CC1.Cl. The second kappa shape index (κ2) is 8.89. The fourth-order valence-electron chi connectivity index (χ4n) is 2.44. The van der Waals surface area contributed by atoms with E-state index in [2.05, 4.69) is 6.92 Å². The monoisotopic (exact) mass is 348 g/mol. The van der Waals surface area contributed by atoms with Gasteiger partial charge in [-0.25, -0.2) is 0 Å². The molecule has 1 atom stereocenters. The smallest absolute Gasteiger partial charge is 0.232 e. The summed E-state index contributed by atoms with van der Waals surface area (Å²) in [5.74, 6) is 1.26. The average molecular weight is 349 g/mol. The molecular formula is C15H22Cl2N2OS. The zero-order valence-corrected chi connectivity index (χ0v) is 14.5. The van der Waals surface area contributed by atoms with Crippen molar-refractivity contribution in [2.75, 3.05) is 18.8 Å². The number of halogens is 2. The minimum atomic E-state index is 0. The molecule has 1 fully saturated rings. The van der Waals surface area contributed by atoms with Gasteiger partial charge in [0.15, 0.2) is 0 Å². The van der Waals surface area contributed by atoms with Crippen LogP contribution in [0.15, 0.2) is 29.2 Å². The van der Waals surface area contributed by atoms with Crippen LogP contribution in [-0.2, 0) is 4.79 Å². The number of likely N-dealkylation sites (tertiary alicyclic amines) is 1. The molecule has 1 aliphatic heterocycles. The summed E-state index contributed by atoms with van der Waals surface area (Å²) >= 11 is 7.40.